The molecule has 2 heterocycles. The average Bonchev–Trinajstić information content (AvgIpc) is 3.14. The highest BCUT2D eigenvalue weighted by Gasteiger charge is 2.48. The summed E-state index contributed by atoms with van der Waals surface area (Å²) < 4.78 is 47.9. The highest BCUT2D eigenvalue weighted by molar-refractivity contribution is 7.80. The predicted molar refractivity (Wildman–Crippen MR) is 220 cm³/mol. The molecule has 0 aliphatic carbocycles. The molecule has 0 aromatic heterocycles. The molecule has 0 amide bonds. The molecule has 14 atom stereocenters. The van der Waals surface area contributed by atoms with Gasteiger partial charge in [0.2, 0.25) is 0 Å². The van der Waals surface area contributed by atoms with E-state index < -0.39 is 109 Å². The minimum Gasteiger partial charge on any atom is -0.459 e. The zero-order chi connectivity index (χ0) is 45.0. The second-order valence-corrected chi connectivity index (χ2v) is 17.3. The Balaban J connectivity index is 1.97. The number of carbonyl (C=O) groups is 1. The standard InChI is InChI=1S/C42H70O17S/c1-26(19-27(2)23-35(49)36(50)25-37-40(52)41(53)42(59-60(54,55)56)38(58-37)24-30(45)17-18-43)20-31(46)21-28(3)22-32-13-8-6-4-5-7-11-29(44)12-9-10-14-33(47)34(48)15-16-39(51)57-32/h4,6,9,12,15-16,20,28-38,40-50,52-53H,2,5,7-8,10-11,13-14,17-19,21-25H2,1,3H3,(H,54,55,56)/b6-4+,12-9+,16-15+,26-20+/t28-,29-,30-,31+,32+,33+,34+,35+,36-,37-,38+,40-,41-,42+/m1/s1. The summed E-state index contributed by atoms with van der Waals surface area (Å²) in [5.74, 6) is -0.760. The van der Waals surface area contributed by atoms with E-state index in [2.05, 4.69) is 10.8 Å². The first-order valence-electron chi connectivity index (χ1n) is 20.8. The van der Waals surface area contributed by atoms with Crippen LogP contribution in [0.1, 0.15) is 104 Å². The third-order valence-corrected chi connectivity index (χ3v) is 11.0. The number of hydrogen-bond donors (Lipinski definition) is 11. The summed E-state index contributed by atoms with van der Waals surface area (Å²) in [5, 5.41) is 104. The third kappa shape index (κ3) is 21.6. The molecule has 17 nitrogen and oxygen atoms in total. The number of carbonyl (C=O) groups excluding carboxylic acids is 1. The molecule has 0 spiro atoms. The van der Waals surface area contributed by atoms with Crippen LogP contribution in [-0.2, 0) is 28.9 Å². The summed E-state index contributed by atoms with van der Waals surface area (Å²) in [6.45, 7) is 7.24. The van der Waals surface area contributed by atoms with E-state index in [0.29, 0.717) is 44.1 Å². The zero-order valence-corrected chi connectivity index (χ0v) is 35.5. The predicted octanol–water partition coefficient (Wildman–Crippen LogP) is 1.38. The number of cyclic esters (lactones) is 1. The van der Waals surface area contributed by atoms with E-state index in [1.54, 1.807) is 25.2 Å². The molecule has 0 aromatic carbocycles. The second-order valence-electron chi connectivity index (χ2n) is 16.3. The zero-order valence-electron chi connectivity index (χ0n) is 34.7. The Labute approximate surface area is 354 Å². The quantitative estimate of drug-likeness (QED) is 0.0527. The van der Waals surface area contributed by atoms with Crippen LogP contribution in [0, 0.1) is 5.92 Å². The number of aliphatic hydroxyl groups excluding tert-OH is 10. The van der Waals surface area contributed by atoms with Crippen LogP contribution in [0.3, 0.4) is 0 Å². The lowest BCUT2D eigenvalue weighted by Crippen LogP contribution is -2.60. The molecule has 2 rings (SSSR count). The second kappa shape index (κ2) is 27.6. The maximum absolute atomic E-state index is 12.7. The summed E-state index contributed by atoms with van der Waals surface area (Å²) >= 11 is 0. The summed E-state index contributed by atoms with van der Waals surface area (Å²) in [5.41, 5.74) is 1.22. The molecule has 346 valence electrons. The molecule has 0 saturated carbocycles. The Morgan fingerprint density at radius 1 is 0.917 bits per heavy atom. The molecule has 2 aliphatic heterocycles. The number of aliphatic hydroxyl groups is 10. The highest BCUT2D eigenvalue weighted by atomic mass is 32.3. The fraction of sp³-hybridized carbons (Fsp3) is 0.738. The Hall–Kier alpha value is -2.40. The van der Waals surface area contributed by atoms with Gasteiger partial charge in [-0.3, -0.25) is 4.55 Å². The molecular formula is C42H70O17S. The van der Waals surface area contributed by atoms with Gasteiger partial charge in [-0.2, -0.15) is 8.42 Å². The van der Waals surface area contributed by atoms with Crippen molar-refractivity contribution >= 4 is 16.4 Å². The number of hydrogen-bond acceptors (Lipinski definition) is 16. The van der Waals surface area contributed by atoms with Crippen LogP contribution in [0.4, 0.5) is 0 Å². The van der Waals surface area contributed by atoms with E-state index in [4.69, 9.17) is 14.6 Å². The van der Waals surface area contributed by atoms with Crippen LogP contribution in [-0.4, -0.2) is 156 Å². The van der Waals surface area contributed by atoms with E-state index in [-0.39, 0.29) is 38.0 Å². The fourth-order valence-corrected chi connectivity index (χ4v) is 7.90. The molecule has 1 fully saturated rings. The van der Waals surface area contributed by atoms with Gasteiger partial charge in [0.15, 0.2) is 0 Å². The number of esters is 1. The molecular weight excluding hydrogens is 809 g/mol. The van der Waals surface area contributed by atoms with Crippen molar-refractivity contribution in [2.75, 3.05) is 6.61 Å². The first-order chi connectivity index (χ1) is 28.2. The molecule has 0 aromatic rings. The smallest absolute Gasteiger partial charge is 0.397 e. The molecule has 0 bridgehead atoms. The topological polar surface area (TPSA) is 301 Å². The Morgan fingerprint density at radius 3 is 2.28 bits per heavy atom. The third-order valence-electron chi connectivity index (χ3n) is 10.5. The number of allylic oxidation sites excluding steroid dienone is 4. The van der Waals surface area contributed by atoms with Gasteiger partial charge in [-0.25, -0.2) is 8.98 Å². The lowest BCUT2D eigenvalue weighted by atomic mass is 9.88. The van der Waals surface area contributed by atoms with Crippen molar-refractivity contribution in [2.24, 2.45) is 5.92 Å². The van der Waals surface area contributed by atoms with Crippen molar-refractivity contribution in [2.45, 2.75) is 183 Å². The summed E-state index contributed by atoms with van der Waals surface area (Å²) in [6, 6.07) is 0. The van der Waals surface area contributed by atoms with Gasteiger partial charge in [0.05, 0.1) is 54.9 Å². The van der Waals surface area contributed by atoms with Gasteiger partial charge < -0.3 is 60.5 Å². The molecule has 0 radical (unpaired) electrons. The number of ether oxygens (including phenoxy) is 2. The minimum absolute atomic E-state index is 0.0948. The fourth-order valence-electron chi connectivity index (χ4n) is 7.39. The highest BCUT2D eigenvalue weighted by Crippen LogP contribution is 2.31. The average molecular weight is 879 g/mol. The van der Waals surface area contributed by atoms with E-state index in [9.17, 15) is 63.7 Å². The van der Waals surface area contributed by atoms with Crippen LogP contribution in [0.15, 0.2) is 60.3 Å². The molecule has 60 heavy (non-hydrogen) atoms. The Morgan fingerprint density at radius 2 is 1.60 bits per heavy atom. The molecule has 1 saturated heterocycles. The van der Waals surface area contributed by atoms with Crippen molar-refractivity contribution in [3.05, 3.63) is 60.3 Å². The lowest BCUT2D eigenvalue weighted by Gasteiger charge is -2.43. The number of rotatable bonds is 18. The largest absolute Gasteiger partial charge is 0.459 e. The van der Waals surface area contributed by atoms with Crippen molar-refractivity contribution in [3.63, 3.8) is 0 Å². The van der Waals surface area contributed by atoms with Crippen molar-refractivity contribution < 1.29 is 82.5 Å². The van der Waals surface area contributed by atoms with Crippen LogP contribution in [0.2, 0.25) is 0 Å². The maximum Gasteiger partial charge on any atom is 0.397 e. The Kier molecular flexibility index (Phi) is 24.7. The van der Waals surface area contributed by atoms with E-state index in [1.807, 2.05) is 19.1 Å². The van der Waals surface area contributed by atoms with Crippen LogP contribution in [0.5, 0.6) is 0 Å². The lowest BCUT2D eigenvalue weighted by molar-refractivity contribution is -0.228. The van der Waals surface area contributed by atoms with Crippen molar-refractivity contribution in [1.82, 2.24) is 0 Å². The van der Waals surface area contributed by atoms with E-state index in [1.165, 1.54) is 6.08 Å². The molecule has 2 aliphatic rings. The SMILES string of the molecule is C=C(C/C(C)=C/[C@H](O)C[C@@H](C)C[C@@H]1CC/C=C/CCC[C@@H](O)/C=C/CC[C@H](O)[C@@H](O)/C=C/C(=O)O1)C[C@H](O)[C@H](O)C[C@H]1O[C@@H](C[C@H](O)CCO)[C@H](OS(=O)(=O)O)[C@H](O)[C@@H]1O. The molecule has 18 heteroatoms. The van der Waals surface area contributed by atoms with Crippen LogP contribution in [0.25, 0.3) is 0 Å². The van der Waals surface area contributed by atoms with Gasteiger partial charge in [-0.1, -0.05) is 55.0 Å². The first kappa shape index (κ1) is 53.7. The summed E-state index contributed by atoms with van der Waals surface area (Å²) in [6.07, 6.45) is -1.47. The Bertz CT molecular complexity index is 1500. The maximum atomic E-state index is 12.7. The van der Waals surface area contributed by atoms with Gasteiger partial charge >= 0.3 is 16.4 Å². The van der Waals surface area contributed by atoms with Gasteiger partial charge in [-0.05, 0) is 96.0 Å². The normalized spacial score (nSPS) is 32.5. The minimum atomic E-state index is -5.12. The van der Waals surface area contributed by atoms with Gasteiger partial charge in [0.25, 0.3) is 0 Å². The van der Waals surface area contributed by atoms with Crippen LogP contribution >= 0.6 is 0 Å². The van der Waals surface area contributed by atoms with Gasteiger partial charge in [0, 0.05) is 25.5 Å². The van der Waals surface area contributed by atoms with Crippen molar-refractivity contribution in [1.29, 1.82) is 0 Å². The van der Waals surface area contributed by atoms with E-state index in [0.717, 1.165) is 24.5 Å². The molecule has 0 unspecified atom stereocenters. The van der Waals surface area contributed by atoms with Crippen molar-refractivity contribution in [3.8, 4) is 0 Å². The van der Waals surface area contributed by atoms with Gasteiger partial charge in [-0.15, -0.1) is 0 Å². The van der Waals surface area contributed by atoms with Gasteiger partial charge in [0.1, 0.15) is 24.4 Å². The monoisotopic (exact) mass is 878 g/mol. The first-order valence-corrected chi connectivity index (χ1v) is 22.1. The summed E-state index contributed by atoms with van der Waals surface area (Å²) in [7, 11) is -5.12. The summed E-state index contributed by atoms with van der Waals surface area (Å²) in [4.78, 5) is 12.7. The molecule has 11 N–H and O–H groups in total. The van der Waals surface area contributed by atoms with Crippen LogP contribution < -0.4 is 0 Å². The van der Waals surface area contributed by atoms with E-state index >= 15 is 0 Å².